The average molecular weight is 468 g/mol. The van der Waals surface area contributed by atoms with Gasteiger partial charge >= 0.3 is 0 Å². The minimum Gasteiger partial charge on any atom is -0.459 e. The molecule has 35 heavy (non-hydrogen) atoms. The number of carbonyl (C=O) groups is 3. The van der Waals surface area contributed by atoms with Gasteiger partial charge in [0.05, 0.1) is 6.26 Å². The smallest absolute Gasteiger partial charge is 0.287 e. The maximum Gasteiger partial charge on any atom is 0.287 e. The van der Waals surface area contributed by atoms with E-state index in [9.17, 15) is 14.4 Å². The quantitative estimate of drug-likeness (QED) is 0.344. The highest BCUT2D eigenvalue weighted by molar-refractivity contribution is 6.04. The summed E-state index contributed by atoms with van der Waals surface area (Å²) >= 11 is 0. The molecule has 0 aliphatic carbocycles. The molecular weight excluding hydrogens is 442 g/mol. The minimum absolute atomic E-state index is 0.132. The molecule has 0 fully saturated rings. The van der Waals surface area contributed by atoms with Gasteiger partial charge in [-0.25, -0.2) is 0 Å². The van der Waals surface area contributed by atoms with Crippen molar-refractivity contribution < 1.29 is 18.8 Å². The van der Waals surface area contributed by atoms with Crippen molar-refractivity contribution in [2.75, 3.05) is 5.32 Å². The minimum atomic E-state index is -0.806. The summed E-state index contributed by atoms with van der Waals surface area (Å²) in [6.45, 7) is 0.202. The fraction of sp³-hybridized carbons (Fsp3) is 0.107. The van der Waals surface area contributed by atoms with Crippen molar-refractivity contribution in [3.63, 3.8) is 0 Å². The van der Waals surface area contributed by atoms with Crippen LogP contribution in [0.5, 0.6) is 0 Å². The summed E-state index contributed by atoms with van der Waals surface area (Å²) in [5.41, 5.74) is 2.85. The van der Waals surface area contributed by atoms with Gasteiger partial charge in [-0.15, -0.1) is 0 Å². The molecule has 1 unspecified atom stereocenters. The van der Waals surface area contributed by atoms with Crippen molar-refractivity contribution in [2.45, 2.75) is 19.0 Å². The van der Waals surface area contributed by atoms with Crippen molar-refractivity contribution in [1.29, 1.82) is 0 Å². The Morgan fingerprint density at radius 1 is 0.743 bits per heavy atom. The second-order valence-corrected chi connectivity index (χ2v) is 7.93. The van der Waals surface area contributed by atoms with E-state index in [0.29, 0.717) is 17.7 Å². The van der Waals surface area contributed by atoms with Crippen LogP contribution in [-0.2, 0) is 17.8 Å². The maximum absolute atomic E-state index is 13.1. The standard InChI is InChI=1S/C28H25N3O4/c32-26(30-23-13-5-2-6-14-23)22-12-7-11-21(17-22)19-29-27(33)24(18-20-9-3-1-4-10-20)31-28(34)25-15-8-16-35-25/h1-17,24H,18-19H2,(H,29,33)(H,30,32)(H,31,34). The third kappa shape index (κ3) is 6.68. The first-order valence-electron chi connectivity index (χ1n) is 11.2. The Kier molecular flexibility index (Phi) is 7.70. The van der Waals surface area contributed by atoms with Crippen LogP contribution >= 0.6 is 0 Å². The van der Waals surface area contributed by atoms with Gasteiger partial charge in [-0.05, 0) is 47.5 Å². The number of benzene rings is 3. The van der Waals surface area contributed by atoms with Crippen molar-refractivity contribution in [3.05, 3.63) is 126 Å². The molecule has 0 saturated heterocycles. The molecule has 0 spiro atoms. The molecule has 0 aliphatic heterocycles. The highest BCUT2D eigenvalue weighted by Crippen LogP contribution is 2.11. The predicted octanol–water partition coefficient (Wildman–Crippen LogP) is 4.19. The van der Waals surface area contributed by atoms with Crippen LogP contribution in [0.4, 0.5) is 5.69 Å². The van der Waals surface area contributed by atoms with Crippen molar-refractivity contribution in [2.24, 2.45) is 0 Å². The molecular formula is C28H25N3O4. The first-order chi connectivity index (χ1) is 17.1. The lowest BCUT2D eigenvalue weighted by Crippen LogP contribution is -2.47. The number of amides is 3. The van der Waals surface area contributed by atoms with Gasteiger partial charge < -0.3 is 20.4 Å². The third-order valence-electron chi connectivity index (χ3n) is 5.34. The van der Waals surface area contributed by atoms with E-state index in [1.807, 2.05) is 66.7 Å². The first kappa shape index (κ1) is 23.5. The monoisotopic (exact) mass is 467 g/mol. The van der Waals surface area contributed by atoms with Crippen LogP contribution in [-0.4, -0.2) is 23.8 Å². The molecule has 1 aromatic heterocycles. The molecule has 1 atom stereocenters. The molecule has 3 aromatic carbocycles. The van der Waals surface area contributed by atoms with E-state index in [2.05, 4.69) is 16.0 Å². The first-order valence-corrected chi connectivity index (χ1v) is 11.2. The Bertz CT molecular complexity index is 1270. The zero-order valence-corrected chi connectivity index (χ0v) is 18.9. The number of furan rings is 1. The summed E-state index contributed by atoms with van der Waals surface area (Å²) in [5.74, 6) is -0.913. The third-order valence-corrected chi connectivity index (χ3v) is 5.34. The summed E-state index contributed by atoms with van der Waals surface area (Å²) in [4.78, 5) is 38.2. The zero-order chi connectivity index (χ0) is 24.5. The molecule has 0 bridgehead atoms. The molecule has 176 valence electrons. The molecule has 4 rings (SSSR count). The summed E-state index contributed by atoms with van der Waals surface area (Å²) < 4.78 is 5.15. The Morgan fingerprint density at radius 2 is 1.46 bits per heavy atom. The van der Waals surface area contributed by atoms with Crippen molar-refractivity contribution >= 4 is 23.4 Å². The SMILES string of the molecule is O=C(Nc1ccccc1)c1cccc(CNC(=O)C(Cc2ccccc2)NC(=O)c2ccco2)c1. The lowest BCUT2D eigenvalue weighted by molar-refractivity contribution is -0.123. The number of para-hydroxylation sites is 1. The number of rotatable bonds is 9. The number of nitrogens with one attached hydrogen (secondary N) is 3. The predicted molar refractivity (Wildman–Crippen MR) is 133 cm³/mol. The molecule has 1 heterocycles. The Balaban J connectivity index is 1.41. The second kappa shape index (κ2) is 11.5. The van der Waals surface area contributed by atoms with E-state index in [4.69, 9.17) is 4.42 Å². The van der Waals surface area contributed by atoms with Crippen LogP contribution in [0, 0.1) is 0 Å². The lowest BCUT2D eigenvalue weighted by atomic mass is 10.0. The van der Waals surface area contributed by atoms with E-state index in [-0.39, 0.29) is 24.1 Å². The largest absolute Gasteiger partial charge is 0.459 e. The molecule has 0 aliphatic rings. The summed E-state index contributed by atoms with van der Waals surface area (Å²) in [5, 5.41) is 8.47. The number of hydrogen-bond donors (Lipinski definition) is 3. The molecule has 7 nitrogen and oxygen atoms in total. The van der Waals surface area contributed by atoms with E-state index in [1.165, 1.54) is 6.26 Å². The summed E-state index contributed by atoms with van der Waals surface area (Å²) in [6.07, 6.45) is 1.72. The van der Waals surface area contributed by atoms with Gasteiger partial charge in [-0.1, -0.05) is 60.7 Å². The Hall–Kier alpha value is -4.65. The van der Waals surface area contributed by atoms with Gasteiger partial charge in [-0.2, -0.15) is 0 Å². The molecule has 0 radical (unpaired) electrons. The van der Waals surface area contributed by atoms with E-state index in [1.54, 1.807) is 30.3 Å². The second-order valence-electron chi connectivity index (χ2n) is 7.93. The number of carbonyl (C=O) groups excluding carboxylic acids is 3. The van der Waals surface area contributed by atoms with Crippen LogP contribution in [0.25, 0.3) is 0 Å². The van der Waals surface area contributed by atoms with Crippen LogP contribution < -0.4 is 16.0 Å². The van der Waals surface area contributed by atoms with Crippen LogP contribution in [0.15, 0.2) is 108 Å². The number of hydrogen-bond acceptors (Lipinski definition) is 4. The summed E-state index contributed by atoms with van der Waals surface area (Å²) in [7, 11) is 0. The normalized spacial score (nSPS) is 11.3. The maximum atomic E-state index is 13.1. The average Bonchev–Trinajstić information content (AvgIpc) is 3.44. The lowest BCUT2D eigenvalue weighted by Gasteiger charge is -2.18. The molecule has 3 amide bonds. The van der Waals surface area contributed by atoms with Crippen molar-refractivity contribution in [1.82, 2.24) is 10.6 Å². The molecule has 3 N–H and O–H groups in total. The van der Waals surface area contributed by atoms with Gasteiger partial charge in [0.15, 0.2) is 5.76 Å². The highest BCUT2D eigenvalue weighted by Gasteiger charge is 2.23. The number of anilines is 1. The van der Waals surface area contributed by atoms with Gasteiger partial charge in [0.2, 0.25) is 5.91 Å². The van der Waals surface area contributed by atoms with E-state index < -0.39 is 11.9 Å². The Labute approximate surface area is 203 Å². The van der Waals surface area contributed by atoms with Crippen LogP contribution in [0.1, 0.15) is 32.0 Å². The fourth-order valence-electron chi connectivity index (χ4n) is 3.56. The van der Waals surface area contributed by atoms with Crippen molar-refractivity contribution in [3.8, 4) is 0 Å². The van der Waals surface area contributed by atoms with E-state index in [0.717, 1.165) is 11.1 Å². The van der Waals surface area contributed by atoms with Gasteiger partial charge in [0.25, 0.3) is 11.8 Å². The zero-order valence-electron chi connectivity index (χ0n) is 18.9. The van der Waals surface area contributed by atoms with Crippen LogP contribution in [0.3, 0.4) is 0 Å². The Morgan fingerprint density at radius 3 is 2.17 bits per heavy atom. The molecule has 4 aromatic rings. The molecule has 7 heteroatoms. The highest BCUT2D eigenvalue weighted by atomic mass is 16.3. The summed E-state index contributed by atoms with van der Waals surface area (Å²) in [6, 6.07) is 28.0. The fourth-order valence-corrected chi connectivity index (χ4v) is 3.56. The topological polar surface area (TPSA) is 100 Å². The van der Waals surface area contributed by atoms with Crippen LogP contribution in [0.2, 0.25) is 0 Å². The van der Waals surface area contributed by atoms with E-state index >= 15 is 0 Å². The molecule has 0 saturated carbocycles. The van der Waals surface area contributed by atoms with Gasteiger partial charge in [-0.3, -0.25) is 14.4 Å². The van der Waals surface area contributed by atoms with Gasteiger partial charge in [0.1, 0.15) is 6.04 Å². The van der Waals surface area contributed by atoms with Gasteiger partial charge in [0, 0.05) is 24.2 Å².